The first kappa shape index (κ1) is 13.4. The second kappa shape index (κ2) is 6.23. The summed E-state index contributed by atoms with van der Waals surface area (Å²) in [5.74, 6) is 0.849. The van der Waals surface area contributed by atoms with Crippen LogP contribution in [-0.4, -0.2) is 6.54 Å². The van der Waals surface area contributed by atoms with Gasteiger partial charge >= 0.3 is 0 Å². The molecule has 2 aromatic rings. The summed E-state index contributed by atoms with van der Waals surface area (Å²) in [6, 6.07) is 17.9. The van der Waals surface area contributed by atoms with Crippen molar-refractivity contribution in [1.29, 1.82) is 0 Å². The normalized spacial score (nSPS) is 14.4. The highest BCUT2D eigenvalue weighted by molar-refractivity contribution is 5.29. The Balaban J connectivity index is 1.46. The molecule has 0 amide bonds. The molecule has 1 aliphatic rings. The topological polar surface area (TPSA) is 12.0 Å². The Kier molecular flexibility index (Phi) is 4.17. The van der Waals surface area contributed by atoms with Crippen molar-refractivity contribution in [3.8, 4) is 0 Å². The van der Waals surface area contributed by atoms with Gasteiger partial charge in [0.05, 0.1) is 0 Å². The largest absolute Gasteiger partial charge is 0.312 e. The molecule has 2 aromatic carbocycles. The fourth-order valence-corrected chi connectivity index (χ4v) is 2.71. The molecule has 3 rings (SSSR count). The van der Waals surface area contributed by atoms with Gasteiger partial charge in [-0.1, -0.05) is 54.1 Å². The third-order valence-electron chi connectivity index (χ3n) is 4.00. The Morgan fingerprint density at radius 2 is 1.80 bits per heavy atom. The van der Waals surface area contributed by atoms with Gasteiger partial charge in [-0.25, -0.2) is 0 Å². The third-order valence-corrected chi connectivity index (χ3v) is 4.00. The fourth-order valence-electron chi connectivity index (χ4n) is 2.71. The summed E-state index contributed by atoms with van der Waals surface area (Å²) in [6.45, 7) is 4.17. The summed E-state index contributed by atoms with van der Waals surface area (Å²) in [5, 5.41) is 3.56. The molecule has 1 saturated carbocycles. The first-order chi connectivity index (χ1) is 9.81. The molecular weight excluding hydrogens is 242 g/mol. The summed E-state index contributed by atoms with van der Waals surface area (Å²) in [5.41, 5.74) is 5.71. The first-order valence-corrected chi connectivity index (χ1v) is 7.66. The number of hydrogen-bond donors (Lipinski definition) is 1. The van der Waals surface area contributed by atoms with Crippen molar-refractivity contribution in [2.75, 3.05) is 6.54 Å². The molecule has 1 fully saturated rings. The number of aryl methyl sites for hydroxylation is 1. The minimum Gasteiger partial charge on any atom is -0.312 e. The zero-order valence-electron chi connectivity index (χ0n) is 12.2. The zero-order chi connectivity index (χ0) is 13.8. The van der Waals surface area contributed by atoms with E-state index in [1.54, 1.807) is 0 Å². The predicted octanol–water partition coefficient (Wildman–Crippen LogP) is 4.20. The van der Waals surface area contributed by atoms with E-state index in [-0.39, 0.29) is 0 Å². The van der Waals surface area contributed by atoms with Crippen molar-refractivity contribution < 1.29 is 0 Å². The zero-order valence-corrected chi connectivity index (χ0v) is 12.2. The van der Waals surface area contributed by atoms with Gasteiger partial charge in [-0.15, -0.1) is 0 Å². The molecule has 1 N–H and O–H groups in total. The van der Waals surface area contributed by atoms with Crippen LogP contribution in [0.3, 0.4) is 0 Å². The number of nitrogens with one attached hydrogen (secondary N) is 1. The van der Waals surface area contributed by atoms with Crippen LogP contribution in [0.15, 0.2) is 48.5 Å². The molecule has 0 atom stereocenters. The van der Waals surface area contributed by atoms with Crippen molar-refractivity contribution >= 4 is 0 Å². The molecule has 1 heteroatoms. The molecule has 20 heavy (non-hydrogen) atoms. The lowest BCUT2D eigenvalue weighted by Gasteiger charge is -2.07. The monoisotopic (exact) mass is 265 g/mol. The molecule has 0 bridgehead atoms. The maximum atomic E-state index is 3.56. The molecule has 0 unspecified atom stereocenters. The van der Waals surface area contributed by atoms with E-state index in [0.29, 0.717) is 0 Å². The summed E-state index contributed by atoms with van der Waals surface area (Å²) in [4.78, 5) is 0. The van der Waals surface area contributed by atoms with Crippen LogP contribution >= 0.6 is 0 Å². The molecule has 0 spiro atoms. The van der Waals surface area contributed by atoms with Gasteiger partial charge in [0, 0.05) is 6.54 Å². The minimum atomic E-state index is 0.849. The predicted molar refractivity (Wildman–Crippen MR) is 85.0 cm³/mol. The maximum absolute atomic E-state index is 3.56. The molecule has 0 aromatic heterocycles. The van der Waals surface area contributed by atoms with Crippen LogP contribution in [-0.2, 0) is 13.0 Å². The second-order valence-electron chi connectivity index (χ2n) is 5.94. The smallest absolute Gasteiger partial charge is 0.0205 e. The SMILES string of the molecule is Cc1cccc(CCNCc2cccc(C3CC3)c2)c1. The lowest BCUT2D eigenvalue weighted by molar-refractivity contribution is 0.686. The quantitative estimate of drug-likeness (QED) is 0.772. The van der Waals surface area contributed by atoms with E-state index < -0.39 is 0 Å². The Hall–Kier alpha value is -1.60. The van der Waals surface area contributed by atoms with Crippen molar-refractivity contribution in [3.05, 3.63) is 70.8 Å². The van der Waals surface area contributed by atoms with Gasteiger partial charge in [-0.2, -0.15) is 0 Å². The summed E-state index contributed by atoms with van der Waals surface area (Å²) < 4.78 is 0. The summed E-state index contributed by atoms with van der Waals surface area (Å²) in [7, 11) is 0. The van der Waals surface area contributed by atoms with Crippen molar-refractivity contribution in [1.82, 2.24) is 5.32 Å². The average Bonchev–Trinajstić information content (AvgIpc) is 3.29. The van der Waals surface area contributed by atoms with Crippen LogP contribution in [0.5, 0.6) is 0 Å². The maximum Gasteiger partial charge on any atom is 0.0205 e. The lowest BCUT2D eigenvalue weighted by Crippen LogP contribution is -2.16. The van der Waals surface area contributed by atoms with Crippen molar-refractivity contribution in [2.24, 2.45) is 0 Å². The van der Waals surface area contributed by atoms with Crippen LogP contribution in [0, 0.1) is 6.92 Å². The highest BCUT2D eigenvalue weighted by Gasteiger charge is 2.23. The van der Waals surface area contributed by atoms with Crippen LogP contribution in [0.4, 0.5) is 0 Å². The van der Waals surface area contributed by atoms with Crippen LogP contribution in [0.2, 0.25) is 0 Å². The van der Waals surface area contributed by atoms with Gasteiger partial charge in [0.15, 0.2) is 0 Å². The summed E-state index contributed by atoms with van der Waals surface area (Å²) >= 11 is 0. The van der Waals surface area contributed by atoms with E-state index in [1.165, 1.54) is 35.1 Å². The Labute approximate surface area is 122 Å². The molecule has 1 aliphatic carbocycles. The molecule has 0 saturated heterocycles. The van der Waals surface area contributed by atoms with E-state index >= 15 is 0 Å². The number of hydrogen-bond acceptors (Lipinski definition) is 1. The third kappa shape index (κ3) is 3.71. The van der Waals surface area contributed by atoms with Crippen LogP contribution in [0.25, 0.3) is 0 Å². The number of rotatable bonds is 6. The molecule has 0 aliphatic heterocycles. The molecular formula is C19H23N. The van der Waals surface area contributed by atoms with Crippen molar-refractivity contribution in [3.63, 3.8) is 0 Å². The van der Waals surface area contributed by atoms with E-state index in [1.807, 2.05) is 0 Å². The molecule has 0 heterocycles. The standard InChI is InChI=1S/C19H23N/c1-15-4-2-5-16(12-15)10-11-20-14-17-6-3-7-19(13-17)18-8-9-18/h2-7,12-13,18,20H,8-11,14H2,1H3. The van der Waals surface area contributed by atoms with Crippen LogP contribution in [0.1, 0.15) is 41.0 Å². The van der Waals surface area contributed by atoms with E-state index in [0.717, 1.165) is 25.4 Å². The first-order valence-electron chi connectivity index (χ1n) is 7.66. The molecule has 104 valence electrons. The highest BCUT2D eigenvalue weighted by Crippen LogP contribution is 2.40. The molecule has 1 nitrogen and oxygen atoms in total. The van der Waals surface area contributed by atoms with E-state index in [9.17, 15) is 0 Å². The summed E-state index contributed by atoms with van der Waals surface area (Å²) in [6.07, 6.45) is 3.86. The average molecular weight is 265 g/mol. The second-order valence-corrected chi connectivity index (χ2v) is 5.94. The van der Waals surface area contributed by atoms with E-state index in [2.05, 4.69) is 60.8 Å². The van der Waals surface area contributed by atoms with Gasteiger partial charge in [-0.3, -0.25) is 0 Å². The highest BCUT2D eigenvalue weighted by atomic mass is 14.8. The Morgan fingerprint density at radius 1 is 1.00 bits per heavy atom. The Morgan fingerprint density at radius 3 is 2.60 bits per heavy atom. The lowest BCUT2D eigenvalue weighted by atomic mass is 10.1. The fraction of sp³-hybridized carbons (Fsp3) is 0.368. The van der Waals surface area contributed by atoms with Gasteiger partial charge in [-0.05, 0) is 55.3 Å². The van der Waals surface area contributed by atoms with E-state index in [4.69, 9.17) is 0 Å². The van der Waals surface area contributed by atoms with Gasteiger partial charge < -0.3 is 5.32 Å². The van der Waals surface area contributed by atoms with Crippen LogP contribution < -0.4 is 5.32 Å². The number of benzene rings is 2. The van der Waals surface area contributed by atoms with Gasteiger partial charge in [0.2, 0.25) is 0 Å². The van der Waals surface area contributed by atoms with Gasteiger partial charge in [0.25, 0.3) is 0 Å². The Bertz CT molecular complexity index is 569. The minimum absolute atomic E-state index is 0.849. The molecule has 0 radical (unpaired) electrons. The van der Waals surface area contributed by atoms with Gasteiger partial charge in [0.1, 0.15) is 0 Å². The van der Waals surface area contributed by atoms with Crippen molar-refractivity contribution in [2.45, 2.75) is 38.6 Å².